The maximum absolute atomic E-state index is 12.3. The molecule has 2 fully saturated rings. The van der Waals surface area contributed by atoms with Crippen LogP contribution in [-0.2, 0) is 10.8 Å². The first-order valence-corrected chi connectivity index (χ1v) is 9.37. The van der Waals surface area contributed by atoms with Crippen molar-refractivity contribution in [1.29, 1.82) is 0 Å². The number of rotatable bonds is 0. The minimum Gasteiger partial charge on any atom is -0.313 e. The average Bonchev–Trinajstić information content (AvgIpc) is 2.52. The molecule has 3 heteroatoms. The molecule has 0 bridgehead atoms. The molecule has 0 aromatic heterocycles. The van der Waals surface area contributed by atoms with Gasteiger partial charge in [-0.2, -0.15) is 0 Å². The molecule has 1 heterocycles. The van der Waals surface area contributed by atoms with Gasteiger partial charge in [-0.15, -0.1) is 0 Å². The zero-order chi connectivity index (χ0) is 12.6. The lowest BCUT2D eigenvalue weighted by atomic mass is 9.97. The van der Waals surface area contributed by atoms with Gasteiger partial charge in [0.15, 0.2) is 0 Å². The lowest BCUT2D eigenvalue weighted by Gasteiger charge is -2.25. The van der Waals surface area contributed by atoms with Gasteiger partial charge in [0.2, 0.25) is 0 Å². The second kappa shape index (κ2) is 8.31. The second-order valence-corrected chi connectivity index (χ2v) is 7.72. The van der Waals surface area contributed by atoms with Gasteiger partial charge in [-0.25, -0.2) is 0 Å². The fraction of sp³-hybridized carbons (Fsp3) is 1.00. The van der Waals surface area contributed by atoms with Crippen LogP contribution < -0.4 is 5.32 Å². The van der Waals surface area contributed by atoms with E-state index >= 15 is 0 Å². The molecule has 0 aromatic carbocycles. The topological polar surface area (TPSA) is 29.1 Å². The highest BCUT2D eigenvalue weighted by Crippen LogP contribution is 2.22. The Kier molecular flexibility index (Phi) is 6.71. The lowest BCUT2D eigenvalue weighted by Crippen LogP contribution is -2.40. The van der Waals surface area contributed by atoms with Crippen LogP contribution in [0.25, 0.3) is 0 Å². The minimum absolute atomic E-state index is 0.437. The van der Waals surface area contributed by atoms with Crippen LogP contribution >= 0.6 is 0 Å². The Balaban J connectivity index is 1.93. The second-order valence-electron chi connectivity index (χ2n) is 5.94. The molecule has 3 atom stereocenters. The molecular formula is C15H29NOS. The third kappa shape index (κ3) is 4.65. The summed E-state index contributed by atoms with van der Waals surface area (Å²) in [5.74, 6) is 0.925. The average molecular weight is 271 g/mol. The van der Waals surface area contributed by atoms with Crippen LogP contribution in [-0.4, -0.2) is 27.8 Å². The molecule has 0 spiro atoms. The maximum Gasteiger partial charge on any atom is 0.0501 e. The van der Waals surface area contributed by atoms with Crippen molar-refractivity contribution in [2.45, 2.75) is 81.9 Å². The van der Waals surface area contributed by atoms with Crippen LogP contribution in [0, 0.1) is 0 Å². The van der Waals surface area contributed by atoms with E-state index in [2.05, 4.69) is 5.32 Å². The predicted molar refractivity (Wildman–Crippen MR) is 79.4 cm³/mol. The minimum atomic E-state index is -0.579. The SMILES string of the molecule is O=S1CCCNC2CCCCCCCCCCC21. The molecule has 2 aliphatic rings. The van der Waals surface area contributed by atoms with Gasteiger partial charge in [-0.05, 0) is 25.8 Å². The van der Waals surface area contributed by atoms with Crippen molar-refractivity contribution in [3.05, 3.63) is 0 Å². The van der Waals surface area contributed by atoms with Crippen molar-refractivity contribution < 1.29 is 4.21 Å². The fourth-order valence-corrected chi connectivity index (χ4v) is 5.12. The number of nitrogens with one attached hydrogen (secondary N) is 1. The Morgan fingerprint density at radius 1 is 0.778 bits per heavy atom. The molecule has 1 saturated carbocycles. The smallest absolute Gasteiger partial charge is 0.0501 e. The summed E-state index contributed by atoms with van der Waals surface area (Å²) in [6.45, 7) is 1.08. The molecule has 1 N–H and O–H groups in total. The zero-order valence-corrected chi connectivity index (χ0v) is 12.5. The number of hydrogen-bond donors (Lipinski definition) is 1. The van der Waals surface area contributed by atoms with E-state index in [1.807, 2.05) is 0 Å². The Hall–Kier alpha value is 0.110. The standard InChI is InChI=1S/C15H29NOS/c17-18-13-9-12-16-14-10-7-5-3-1-2-4-6-8-11-15(14)18/h14-16H,1-13H2. The van der Waals surface area contributed by atoms with Gasteiger partial charge in [0.25, 0.3) is 0 Å². The van der Waals surface area contributed by atoms with Gasteiger partial charge in [-0.3, -0.25) is 4.21 Å². The van der Waals surface area contributed by atoms with E-state index in [9.17, 15) is 4.21 Å². The monoisotopic (exact) mass is 271 g/mol. The molecular weight excluding hydrogens is 242 g/mol. The van der Waals surface area contributed by atoms with Gasteiger partial charge in [-0.1, -0.05) is 51.4 Å². The Labute approximate surface area is 115 Å². The summed E-state index contributed by atoms with van der Waals surface area (Å²) < 4.78 is 12.3. The summed E-state index contributed by atoms with van der Waals surface area (Å²) in [6, 6.07) is 0.535. The normalized spacial score (nSPS) is 36.8. The summed E-state index contributed by atoms with van der Waals surface area (Å²) in [5, 5.41) is 4.11. The number of hydrogen-bond acceptors (Lipinski definition) is 2. The largest absolute Gasteiger partial charge is 0.313 e. The van der Waals surface area contributed by atoms with E-state index in [-0.39, 0.29) is 0 Å². The van der Waals surface area contributed by atoms with E-state index in [1.54, 1.807) is 0 Å². The molecule has 1 saturated heterocycles. The van der Waals surface area contributed by atoms with Crippen molar-refractivity contribution in [1.82, 2.24) is 5.32 Å². The van der Waals surface area contributed by atoms with Crippen LogP contribution in [0.1, 0.15) is 70.6 Å². The quantitative estimate of drug-likeness (QED) is 0.732. The molecule has 3 unspecified atom stereocenters. The van der Waals surface area contributed by atoms with Crippen molar-refractivity contribution in [2.75, 3.05) is 12.3 Å². The first-order valence-electron chi connectivity index (χ1n) is 7.98. The van der Waals surface area contributed by atoms with Crippen LogP contribution in [0.2, 0.25) is 0 Å². The first-order chi connectivity index (χ1) is 8.88. The lowest BCUT2D eigenvalue weighted by molar-refractivity contribution is 0.416. The fourth-order valence-electron chi connectivity index (χ4n) is 3.36. The third-order valence-corrected chi connectivity index (χ3v) is 6.40. The van der Waals surface area contributed by atoms with Crippen molar-refractivity contribution >= 4 is 10.8 Å². The van der Waals surface area contributed by atoms with Crippen LogP contribution in [0.5, 0.6) is 0 Å². The number of fused-ring (bicyclic) bond motifs is 1. The summed E-state index contributed by atoms with van der Waals surface area (Å²) in [4.78, 5) is 0. The third-order valence-electron chi connectivity index (χ3n) is 4.47. The summed E-state index contributed by atoms with van der Waals surface area (Å²) in [7, 11) is -0.579. The van der Waals surface area contributed by atoms with E-state index in [0.717, 1.165) is 18.7 Å². The molecule has 0 amide bonds. The molecule has 0 radical (unpaired) electrons. The highest BCUT2D eigenvalue weighted by Gasteiger charge is 2.28. The Morgan fingerprint density at radius 2 is 1.39 bits per heavy atom. The maximum atomic E-state index is 12.3. The van der Waals surface area contributed by atoms with E-state index in [0.29, 0.717) is 11.3 Å². The van der Waals surface area contributed by atoms with Gasteiger partial charge in [0.05, 0.1) is 5.25 Å². The Morgan fingerprint density at radius 3 is 2.11 bits per heavy atom. The van der Waals surface area contributed by atoms with Gasteiger partial charge in [0.1, 0.15) is 0 Å². The first kappa shape index (κ1) is 14.5. The van der Waals surface area contributed by atoms with Crippen molar-refractivity contribution in [2.24, 2.45) is 0 Å². The molecule has 2 nitrogen and oxygen atoms in total. The summed E-state index contributed by atoms with van der Waals surface area (Å²) in [6.07, 6.45) is 14.5. The highest BCUT2D eigenvalue weighted by molar-refractivity contribution is 7.85. The zero-order valence-electron chi connectivity index (χ0n) is 11.7. The molecule has 1 aliphatic heterocycles. The van der Waals surface area contributed by atoms with E-state index < -0.39 is 10.8 Å². The summed E-state index contributed by atoms with van der Waals surface area (Å²) in [5.41, 5.74) is 0. The Bertz CT molecular complexity index is 257. The molecule has 2 rings (SSSR count). The van der Waals surface area contributed by atoms with E-state index in [4.69, 9.17) is 0 Å². The van der Waals surface area contributed by atoms with Crippen molar-refractivity contribution in [3.63, 3.8) is 0 Å². The van der Waals surface area contributed by atoms with Crippen LogP contribution in [0.15, 0.2) is 0 Å². The van der Waals surface area contributed by atoms with Crippen LogP contribution in [0.3, 0.4) is 0 Å². The van der Waals surface area contributed by atoms with Gasteiger partial charge < -0.3 is 5.32 Å². The summed E-state index contributed by atoms with van der Waals surface area (Å²) >= 11 is 0. The molecule has 18 heavy (non-hydrogen) atoms. The molecule has 0 aromatic rings. The highest BCUT2D eigenvalue weighted by atomic mass is 32.2. The predicted octanol–water partition coefficient (Wildman–Crippen LogP) is 3.38. The molecule has 1 aliphatic carbocycles. The van der Waals surface area contributed by atoms with Crippen LogP contribution in [0.4, 0.5) is 0 Å². The van der Waals surface area contributed by atoms with Crippen molar-refractivity contribution in [3.8, 4) is 0 Å². The molecule has 106 valence electrons. The van der Waals surface area contributed by atoms with Gasteiger partial charge >= 0.3 is 0 Å². The van der Waals surface area contributed by atoms with E-state index in [1.165, 1.54) is 64.2 Å². The van der Waals surface area contributed by atoms with Gasteiger partial charge in [0, 0.05) is 22.6 Å².